The van der Waals surface area contributed by atoms with Gasteiger partial charge in [0, 0.05) is 4.88 Å². The number of thiophene rings is 1. The highest BCUT2D eigenvalue weighted by Gasteiger charge is 2.07. The number of hydrogen-bond acceptors (Lipinski definition) is 4. The Morgan fingerprint density at radius 1 is 1.21 bits per heavy atom. The van der Waals surface area contributed by atoms with Crippen LogP contribution in [0.15, 0.2) is 11.4 Å². The second-order valence-electron chi connectivity index (χ2n) is 3.73. The van der Waals surface area contributed by atoms with Gasteiger partial charge in [-0.05, 0) is 23.9 Å². The van der Waals surface area contributed by atoms with Crippen molar-refractivity contribution in [3.8, 4) is 0 Å². The van der Waals surface area contributed by atoms with Crippen molar-refractivity contribution in [3.63, 3.8) is 0 Å². The molecule has 4 N–H and O–H groups in total. The van der Waals surface area contributed by atoms with E-state index in [9.17, 15) is 14.4 Å². The molecule has 0 aliphatic heterocycles. The van der Waals surface area contributed by atoms with Crippen molar-refractivity contribution in [3.05, 3.63) is 21.9 Å². The summed E-state index contributed by atoms with van der Waals surface area (Å²) in [5.74, 6) is -1.68. The van der Waals surface area contributed by atoms with Gasteiger partial charge in [0.05, 0.1) is 13.1 Å². The molecule has 7 nitrogen and oxygen atoms in total. The summed E-state index contributed by atoms with van der Waals surface area (Å²) < 4.78 is 0. The Kier molecular flexibility index (Phi) is 5.80. The minimum atomic E-state index is -1.13. The molecule has 0 saturated carbocycles. The first-order chi connectivity index (χ1) is 8.99. The van der Waals surface area contributed by atoms with E-state index in [0.29, 0.717) is 6.54 Å². The fourth-order valence-electron chi connectivity index (χ4n) is 1.21. The van der Waals surface area contributed by atoms with Crippen LogP contribution in [0.2, 0.25) is 0 Å². The highest BCUT2D eigenvalue weighted by Crippen LogP contribution is 2.14. The number of nitrogens with one attached hydrogen (secondary N) is 3. The van der Waals surface area contributed by atoms with Gasteiger partial charge in [0.1, 0.15) is 6.54 Å². The summed E-state index contributed by atoms with van der Waals surface area (Å²) in [5.41, 5.74) is 1.10. The van der Waals surface area contributed by atoms with Crippen molar-refractivity contribution in [1.29, 1.82) is 0 Å². The lowest BCUT2D eigenvalue weighted by molar-refractivity contribution is -0.137. The van der Waals surface area contributed by atoms with Gasteiger partial charge in [0.2, 0.25) is 5.91 Å². The zero-order chi connectivity index (χ0) is 14.3. The van der Waals surface area contributed by atoms with Crippen LogP contribution in [0.25, 0.3) is 0 Å². The number of carboxylic acids is 1. The van der Waals surface area contributed by atoms with Crippen LogP contribution in [0.5, 0.6) is 0 Å². The largest absolute Gasteiger partial charge is 0.480 e. The first-order valence-electron chi connectivity index (χ1n) is 5.52. The summed E-state index contributed by atoms with van der Waals surface area (Å²) in [6, 6.07) is 1.48. The molecule has 0 aliphatic carbocycles. The van der Waals surface area contributed by atoms with Crippen molar-refractivity contribution in [2.24, 2.45) is 0 Å². The standard InChI is InChI=1S/C11H15N3O4S/c1-7-2-3-19-8(7)4-13-11(18)14-5-9(15)12-6-10(16)17/h2-3H,4-6H2,1H3,(H,12,15)(H,16,17)(H2,13,14,18). The summed E-state index contributed by atoms with van der Waals surface area (Å²) in [5, 5.41) is 17.4. The van der Waals surface area contributed by atoms with E-state index in [2.05, 4.69) is 16.0 Å². The van der Waals surface area contributed by atoms with Crippen molar-refractivity contribution < 1.29 is 19.5 Å². The van der Waals surface area contributed by atoms with Crippen LogP contribution in [0, 0.1) is 6.92 Å². The molecule has 1 aromatic heterocycles. The summed E-state index contributed by atoms with van der Waals surface area (Å²) in [6.07, 6.45) is 0. The average Bonchev–Trinajstić information content (AvgIpc) is 2.77. The maximum Gasteiger partial charge on any atom is 0.322 e. The Morgan fingerprint density at radius 2 is 1.95 bits per heavy atom. The molecule has 0 bridgehead atoms. The molecule has 1 rings (SSSR count). The van der Waals surface area contributed by atoms with Gasteiger partial charge in [-0.2, -0.15) is 0 Å². The molecule has 0 saturated heterocycles. The number of aryl methyl sites for hydroxylation is 1. The van der Waals surface area contributed by atoms with E-state index in [1.54, 1.807) is 11.3 Å². The molecule has 0 aliphatic rings. The summed E-state index contributed by atoms with van der Waals surface area (Å²) in [4.78, 5) is 33.7. The first-order valence-corrected chi connectivity index (χ1v) is 6.40. The third kappa shape index (κ3) is 5.87. The molecule has 1 aromatic rings. The smallest absolute Gasteiger partial charge is 0.322 e. The number of carbonyl (C=O) groups excluding carboxylic acids is 2. The molecule has 1 heterocycles. The molecular weight excluding hydrogens is 270 g/mol. The Balaban J connectivity index is 2.19. The lowest BCUT2D eigenvalue weighted by atomic mass is 10.3. The molecule has 104 valence electrons. The number of aliphatic carboxylic acids is 1. The fourth-order valence-corrected chi connectivity index (χ4v) is 2.05. The van der Waals surface area contributed by atoms with E-state index in [-0.39, 0.29) is 6.54 Å². The summed E-state index contributed by atoms with van der Waals surface area (Å²) >= 11 is 1.54. The van der Waals surface area contributed by atoms with Crippen LogP contribution in [0.3, 0.4) is 0 Å². The molecule has 0 atom stereocenters. The van der Waals surface area contributed by atoms with Gasteiger partial charge in [0.25, 0.3) is 0 Å². The second kappa shape index (κ2) is 7.37. The van der Waals surface area contributed by atoms with E-state index in [1.165, 1.54) is 0 Å². The highest BCUT2D eigenvalue weighted by molar-refractivity contribution is 7.10. The van der Waals surface area contributed by atoms with Crippen LogP contribution in [0.1, 0.15) is 10.4 Å². The fraction of sp³-hybridized carbons (Fsp3) is 0.364. The lowest BCUT2D eigenvalue weighted by Crippen LogP contribution is -2.42. The average molecular weight is 285 g/mol. The Hall–Kier alpha value is -2.09. The van der Waals surface area contributed by atoms with Gasteiger partial charge < -0.3 is 21.1 Å². The molecule has 8 heteroatoms. The van der Waals surface area contributed by atoms with E-state index in [0.717, 1.165) is 10.4 Å². The van der Waals surface area contributed by atoms with Crippen molar-refractivity contribution in [2.75, 3.05) is 13.1 Å². The number of carbonyl (C=O) groups is 3. The van der Waals surface area contributed by atoms with Gasteiger partial charge in [-0.25, -0.2) is 4.79 Å². The topological polar surface area (TPSA) is 108 Å². The SMILES string of the molecule is Cc1ccsc1CNC(=O)NCC(=O)NCC(=O)O. The Labute approximate surface area is 114 Å². The maximum absolute atomic E-state index is 11.4. The second-order valence-corrected chi connectivity index (χ2v) is 4.73. The minimum absolute atomic E-state index is 0.261. The Morgan fingerprint density at radius 3 is 2.53 bits per heavy atom. The van der Waals surface area contributed by atoms with Gasteiger partial charge in [-0.15, -0.1) is 11.3 Å². The van der Waals surface area contributed by atoms with Gasteiger partial charge in [-0.3, -0.25) is 9.59 Å². The van der Waals surface area contributed by atoms with Crippen LogP contribution in [-0.2, 0) is 16.1 Å². The molecule has 0 fully saturated rings. The minimum Gasteiger partial charge on any atom is -0.480 e. The predicted molar refractivity (Wildman–Crippen MR) is 69.9 cm³/mol. The van der Waals surface area contributed by atoms with E-state index in [1.807, 2.05) is 18.4 Å². The molecule has 0 spiro atoms. The van der Waals surface area contributed by atoms with Crippen LogP contribution in [-0.4, -0.2) is 36.1 Å². The normalized spacial score (nSPS) is 9.74. The number of rotatable bonds is 6. The zero-order valence-corrected chi connectivity index (χ0v) is 11.2. The van der Waals surface area contributed by atoms with E-state index < -0.39 is 24.5 Å². The van der Waals surface area contributed by atoms with Crippen molar-refractivity contribution >= 4 is 29.2 Å². The molecule has 19 heavy (non-hydrogen) atoms. The van der Waals surface area contributed by atoms with Crippen molar-refractivity contribution in [1.82, 2.24) is 16.0 Å². The zero-order valence-electron chi connectivity index (χ0n) is 10.4. The lowest BCUT2D eigenvalue weighted by Gasteiger charge is -2.07. The van der Waals surface area contributed by atoms with E-state index >= 15 is 0 Å². The van der Waals surface area contributed by atoms with Gasteiger partial charge in [-0.1, -0.05) is 0 Å². The number of carboxylic acid groups (broad SMARTS) is 1. The molecule has 0 aromatic carbocycles. The molecule has 0 unspecified atom stereocenters. The van der Waals surface area contributed by atoms with E-state index in [4.69, 9.17) is 5.11 Å². The predicted octanol–water partition coefficient (Wildman–Crippen LogP) is 0.0565. The summed E-state index contributed by atoms with van der Waals surface area (Å²) in [7, 11) is 0. The number of hydrogen-bond donors (Lipinski definition) is 4. The van der Waals surface area contributed by atoms with Crippen LogP contribution in [0.4, 0.5) is 4.79 Å². The monoisotopic (exact) mass is 285 g/mol. The third-order valence-corrected chi connectivity index (χ3v) is 3.25. The molecular formula is C11H15N3O4S. The highest BCUT2D eigenvalue weighted by atomic mass is 32.1. The first kappa shape index (κ1) is 15.0. The van der Waals surface area contributed by atoms with Gasteiger partial charge >= 0.3 is 12.0 Å². The van der Waals surface area contributed by atoms with Crippen LogP contribution < -0.4 is 16.0 Å². The summed E-state index contributed by atoms with van der Waals surface area (Å²) in [6.45, 7) is 1.62. The number of urea groups is 1. The van der Waals surface area contributed by atoms with Crippen LogP contribution >= 0.6 is 11.3 Å². The van der Waals surface area contributed by atoms with Crippen molar-refractivity contribution in [2.45, 2.75) is 13.5 Å². The Bertz CT molecular complexity index is 472. The third-order valence-electron chi connectivity index (χ3n) is 2.22. The van der Waals surface area contributed by atoms with Gasteiger partial charge in [0.15, 0.2) is 0 Å². The number of amides is 3. The molecule has 3 amide bonds. The molecule has 0 radical (unpaired) electrons. The quantitative estimate of drug-likeness (QED) is 0.592. The maximum atomic E-state index is 11.4.